The average Bonchev–Trinajstić information content (AvgIpc) is 2.56. The molecule has 0 spiro atoms. The summed E-state index contributed by atoms with van der Waals surface area (Å²) in [5.74, 6) is 0.534. The molecule has 7 heteroatoms. The second-order valence-electron chi connectivity index (χ2n) is 7.02. The van der Waals surface area contributed by atoms with E-state index in [1.165, 1.54) is 0 Å². The van der Waals surface area contributed by atoms with Crippen molar-refractivity contribution in [2.45, 2.75) is 51.0 Å². The summed E-state index contributed by atoms with van der Waals surface area (Å²) < 4.78 is 27.5. The molecule has 1 aliphatic rings. The largest absolute Gasteiger partial charge is 0.338 e. The lowest BCUT2D eigenvalue weighted by Crippen LogP contribution is -2.49. The molecule has 1 aliphatic heterocycles. The molecule has 0 aliphatic carbocycles. The lowest BCUT2D eigenvalue weighted by molar-refractivity contribution is -0.135. The molecule has 0 saturated carbocycles. The fourth-order valence-electron chi connectivity index (χ4n) is 3.31. The number of rotatable bonds is 6. The minimum Gasteiger partial charge on any atom is -0.338 e. The fourth-order valence-corrected chi connectivity index (χ4v) is 4.67. The van der Waals surface area contributed by atoms with Crippen LogP contribution in [0.4, 0.5) is 0 Å². The van der Waals surface area contributed by atoms with Gasteiger partial charge in [0, 0.05) is 32.1 Å². The Kier molecular flexibility index (Phi) is 6.59. The number of nitrogens with two attached hydrogens (primary N) is 1. The highest BCUT2D eigenvalue weighted by Crippen LogP contribution is 2.22. The molecule has 0 bridgehead atoms. The summed E-state index contributed by atoms with van der Waals surface area (Å²) in [5, 5.41) is 0. The third-order valence-electron chi connectivity index (χ3n) is 4.83. The van der Waals surface area contributed by atoms with E-state index < -0.39 is 10.0 Å². The molecule has 2 atom stereocenters. The summed E-state index contributed by atoms with van der Waals surface area (Å²) >= 11 is 0. The molecular formula is C18H29N3O3S. The number of carbonyl (C=O) groups is 1. The van der Waals surface area contributed by atoms with Crippen molar-refractivity contribution in [3.8, 4) is 0 Å². The van der Waals surface area contributed by atoms with E-state index in [-0.39, 0.29) is 29.8 Å². The number of piperidine rings is 1. The monoisotopic (exact) mass is 367 g/mol. The highest BCUT2D eigenvalue weighted by atomic mass is 32.2. The zero-order valence-corrected chi connectivity index (χ0v) is 16.1. The number of hydrogen-bond donors (Lipinski definition) is 2. The molecule has 25 heavy (non-hydrogen) atoms. The molecule has 0 aromatic heterocycles. The molecule has 2 rings (SSSR count). The third-order valence-corrected chi connectivity index (χ3v) is 6.44. The summed E-state index contributed by atoms with van der Waals surface area (Å²) in [6, 6.07) is 5.38. The first-order valence-corrected chi connectivity index (χ1v) is 10.3. The zero-order chi connectivity index (χ0) is 18.6. The highest BCUT2D eigenvalue weighted by molar-refractivity contribution is 7.89. The Morgan fingerprint density at radius 2 is 2.08 bits per heavy atom. The van der Waals surface area contributed by atoms with Crippen molar-refractivity contribution in [1.29, 1.82) is 0 Å². The number of amides is 1. The molecule has 1 aromatic rings. The minimum atomic E-state index is -3.61. The Bertz CT molecular complexity index is 718. The van der Waals surface area contributed by atoms with Gasteiger partial charge in [-0.15, -0.1) is 0 Å². The van der Waals surface area contributed by atoms with Crippen molar-refractivity contribution in [3.63, 3.8) is 0 Å². The molecule has 0 radical (unpaired) electrons. The molecule has 1 aromatic carbocycles. The maximum Gasteiger partial charge on any atom is 0.240 e. The minimum absolute atomic E-state index is 0.0361. The molecule has 1 amide bonds. The summed E-state index contributed by atoms with van der Waals surface area (Å²) in [5.41, 5.74) is 7.37. The Morgan fingerprint density at radius 3 is 2.76 bits per heavy atom. The molecule has 140 valence electrons. The van der Waals surface area contributed by atoms with Crippen LogP contribution in [0, 0.1) is 19.8 Å². The van der Waals surface area contributed by atoms with Crippen molar-refractivity contribution in [1.82, 2.24) is 9.62 Å². The number of aryl methyl sites for hydroxylation is 2. The van der Waals surface area contributed by atoms with Gasteiger partial charge in [-0.1, -0.05) is 19.1 Å². The Labute approximate surface area is 150 Å². The van der Waals surface area contributed by atoms with Crippen molar-refractivity contribution < 1.29 is 13.2 Å². The fraction of sp³-hybridized carbons (Fsp3) is 0.611. The van der Waals surface area contributed by atoms with Crippen LogP contribution >= 0.6 is 0 Å². The van der Waals surface area contributed by atoms with Gasteiger partial charge in [0.2, 0.25) is 15.9 Å². The maximum atomic E-state index is 12.5. The van der Waals surface area contributed by atoms with Gasteiger partial charge in [-0.25, -0.2) is 13.1 Å². The SMILES string of the molecule is Cc1ccc(C)c(S(=O)(=O)NCCC(=O)N2CCC(C)CC2CN)c1. The first kappa shape index (κ1) is 19.9. The van der Waals surface area contributed by atoms with E-state index in [0.717, 1.165) is 18.4 Å². The average molecular weight is 368 g/mol. The summed E-state index contributed by atoms with van der Waals surface area (Å²) in [4.78, 5) is 14.5. The van der Waals surface area contributed by atoms with E-state index in [9.17, 15) is 13.2 Å². The van der Waals surface area contributed by atoms with E-state index in [2.05, 4.69) is 11.6 Å². The van der Waals surface area contributed by atoms with Crippen LogP contribution in [0.1, 0.15) is 37.3 Å². The smallest absolute Gasteiger partial charge is 0.240 e. The van der Waals surface area contributed by atoms with Gasteiger partial charge < -0.3 is 10.6 Å². The lowest BCUT2D eigenvalue weighted by atomic mass is 9.92. The molecule has 1 saturated heterocycles. The van der Waals surface area contributed by atoms with Gasteiger partial charge in [0.15, 0.2) is 0 Å². The predicted molar refractivity (Wildman–Crippen MR) is 98.7 cm³/mol. The van der Waals surface area contributed by atoms with Crippen LogP contribution in [0.5, 0.6) is 0 Å². The molecular weight excluding hydrogens is 338 g/mol. The van der Waals surface area contributed by atoms with Crippen LogP contribution in [-0.2, 0) is 14.8 Å². The van der Waals surface area contributed by atoms with Crippen LogP contribution in [0.15, 0.2) is 23.1 Å². The summed E-state index contributed by atoms with van der Waals surface area (Å²) in [6.07, 6.45) is 2.03. The van der Waals surface area contributed by atoms with E-state index in [4.69, 9.17) is 5.73 Å². The number of nitrogens with one attached hydrogen (secondary N) is 1. The number of carbonyl (C=O) groups excluding carboxylic acids is 1. The Morgan fingerprint density at radius 1 is 1.36 bits per heavy atom. The second-order valence-corrected chi connectivity index (χ2v) is 8.76. The van der Waals surface area contributed by atoms with E-state index in [1.54, 1.807) is 19.1 Å². The summed E-state index contributed by atoms with van der Waals surface area (Å²) in [6.45, 7) is 7.03. The number of likely N-dealkylation sites (tertiary alicyclic amines) is 1. The number of hydrogen-bond acceptors (Lipinski definition) is 4. The van der Waals surface area contributed by atoms with Crippen LogP contribution < -0.4 is 10.5 Å². The second kappa shape index (κ2) is 8.29. The number of nitrogens with zero attached hydrogens (tertiary/aromatic N) is 1. The van der Waals surface area contributed by atoms with E-state index >= 15 is 0 Å². The predicted octanol–water partition coefficient (Wildman–Crippen LogP) is 1.56. The van der Waals surface area contributed by atoms with Crippen molar-refractivity contribution in [2.75, 3.05) is 19.6 Å². The van der Waals surface area contributed by atoms with Crippen molar-refractivity contribution in [3.05, 3.63) is 29.3 Å². The Hall–Kier alpha value is -1.44. The van der Waals surface area contributed by atoms with Crippen molar-refractivity contribution >= 4 is 15.9 Å². The highest BCUT2D eigenvalue weighted by Gasteiger charge is 2.28. The van der Waals surface area contributed by atoms with Crippen LogP contribution in [0.25, 0.3) is 0 Å². The standard InChI is InChI=1S/C18H29N3O3S/c1-13-4-5-15(3)17(11-13)25(23,24)20-8-6-18(22)21-9-7-14(2)10-16(21)12-19/h4-5,11,14,16,20H,6-10,12,19H2,1-3H3. The maximum absolute atomic E-state index is 12.5. The first-order valence-electron chi connectivity index (χ1n) is 8.81. The molecule has 1 heterocycles. The van der Waals surface area contributed by atoms with Gasteiger partial charge >= 0.3 is 0 Å². The Balaban J connectivity index is 1.95. The van der Waals surface area contributed by atoms with Crippen LogP contribution in [-0.4, -0.2) is 44.9 Å². The van der Waals surface area contributed by atoms with Crippen LogP contribution in [0.3, 0.4) is 0 Å². The summed E-state index contributed by atoms with van der Waals surface area (Å²) in [7, 11) is -3.61. The van der Waals surface area contributed by atoms with Crippen molar-refractivity contribution in [2.24, 2.45) is 11.7 Å². The van der Waals surface area contributed by atoms with Gasteiger partial charge in [0.05, 0.1) is 4.90 Å². The first-order chi connectivity index (χ1) is 11.7. The lowest BCUT2D eigenvalue weighted by Gasteiger charge is -2.38. The quantitative estimate of drug-likeness (QED) is 0.798. The van der Waals surface area contributed by atoms with E-state index in [0.29, 0.717) is 24.6 Å². The molecule has 2 unspecified atom stereocenters. The normalized spacial score (nSPS) is 21.4. The molecule has 1 fully saturated rings. The van der Waals surface area contributed by atoms with Gasteiger partial charge in [0.25, 0.3) is 0 Å². The van der Waals surface area contributed by atoms with Gasteiger partial charge in [-0.3, -0.25) is 4.79 Å². The molecule has 6 nitrogen and oxygen atoms in total. The molecule has 3 N–H and O–H groups in total. The third kappa shape index (κ3) is 5.03. The van der Waals surface area contributed by atoms with Gasteiger partial charge in [0.1, 0.15) is 0 Å². The zero-order valence-electron chi connectivity index (χ0n) is 15.3. The topological polar surface area (TPSA) is 92.5 Å². The van der Waals surface area contributed by atoms with Gasteiger partial charge in [-0.05, 0) is 49.8 Å². The van der Waals surface area contributed by atoms with E-state index in [1.807, 2.05) is 17.9 Å². The van der Waals surface area contributed by atoms with Crippen LogP contribution in [0.2, 0.25) is 0 Å². The van der Waals surface area contributed by atoms with Gasteiger partial charge in [-0.2, -0.15) is 0 Å². The number of benzene rings is 1. The number of sulfonamides is 1.